The van der Waals surface area contributed by atoms with Crippen LogP contribution in [0.4, 0.5) is 0 Å². The number of aromatic nitrogens is 4. The van der Waals surface area contributed by atoms with Gasteiger partial charge in [0.2, 0.25) is 0 Å². The van der Waals surface area contributed by atoms with Gasteiger partial charge in [-0.2, -0.15) is 0 Å². The largest absolute Gasteiger partial charge is 0.242 e. The Balaban J connectivity index is 2.41. The fourth-order valence-electron chi connectivity index (χ4n) is 1.68. The maximum atomic E-state index is 6.03. The summed E-state index contributed by atoms with van der Waals surface area (Å²) < 4.78 is 0. The zero-order chi connectivity index (χ0) is 13.1. The van der Waals surface area contributed by atoms with Crippen LogP contribution in [0.15, 0.2) is 18.3 Å². The molecule has 94 valence electrons. The van der Waals surface area contributed by atoms with Crippen LogP contribution < -0.4 is 0 Å². The van der Waals surface area contributed by atoms with E-state index in [-0.39, 0.29) is 0 Å². The number of nitrogens with zero attached hydrogens (tertiary/aromatic N) is 4. The second-order valence-electron chi connectivity index (χ2n) is 4.59. The molecule has 0 atom stereocenters. The zero-order valence-corrected chi connectivity index (χ0v) is 11.4. The highest BCUT2D eigenvalue weighted by Gasteiger charge is 2.08. The predicted octanol–water partition coefficient (Wildman–Crippen LogP) is 3.09. The van der Waals surface area contributed by atoms with Crippen LogP contribution in [0.3, 0.4) is 0 Å². The van der Waals surface area contributed by atoms with E-state index in [0.29, 0.717) is 28.4 Å². The van der Waals surface area contributed by atoms with Gasteiger partial charge in [-0.05, 0) is 31.4 Å². The molecule has 0 bridgehead atoms. The fraction of sp³-hybridized carbons (Fsp3) is 0.385. The molecule has 0 spiro atoms. The van der Waals surface area contributed by atoms with Crippen molar-refractivity contribution in [2.75, 3.05) is 0 Å². The van der Waals surface area contributed by atoms with Gasteiger partial charge in [0.15, 0.2) is 5.82 Å². The van der Waals surface area contributed by atoms with E-state index in [1.165, 1.54) is 0 Å². The maximum Gasteiger partial charge on any atom is 0.179 e. The van der Waals surface area contributed by atoms with Crippen molar-refractivity contribution in [2.45, 2.75) is 27.2 Å². The molecule has 4 nitrogen and oxygen atoms in total. The molecule has 0 fully saturated rings. The van der Waals surface area contributed by atoms with Gasteiger partial charge in [0.1, 0.15) is 16.7 Å². The molecule has 0 N–H and O–H groups in total. The molecule has 2 aromatic rings. The minimum absolute atomic E-state index is 0.451. The molecule has 5 heteroatoms. The van der Waals surface area contributed by atoms with E-state index in [1.54, 1.807) is 18.3 Å². The van der Waals surface area contributed by atoms with E-state index in [1.807, 2.05) is 6.92 Å². The lowest BCUT2D eigenvalue weighted by molar-refractivity contribution is 0.634. The van der Waals surface area contributed by atoms with Crippen LogP contribution >= 0.6 is 11.6 Å². The third-order valence-corrected chi connectivity index (χ3v) is 2.56. The lowest BCUT2D eigenvalue weighted by Gasteiger charge is -2.07. The third kappa shape index (κ3) is 3.23. The Morgan fingerprint density at radius 3 is 2.67 bits per heavy atom. The molecular weight excluding hydrogens is 248 g/mol. The molecule has 0 aliphatic carbocycles. The molecule has 0 saturated heterocycles. The minimum Gasteiger partial charge on any atom is -0.242 e. The topological polar surface area (TPSA) is 51.6 Å². The van der Waals surface area contributed by atoms with Crippen LogP contribution in [0.2, 0.25) is 5.15 Å². The summed E-state index contributed by atoms with van der Waals surface area (Å²) in [4.78, 5) is 17.1. The van der Waals surface area contributed by atoms with Crippen LogP contribution in [0, 0.1) is 12.8 Å². The number of halogens is 1. The summed E-state index contributed by atoms with van der Waals surface area (Å²) in [5, 5.41) is 0.451. The van der Waals surface area contributed by atoms with Gasteiger partial charge in [-0.1, -0.05) is 25.4 Å². The molecule has 0 amide bonds. The first-order valence-corrected chi connectivity index (χ1v) is 6.26. The van der Waals surface area contributed by atoms with E-state index >= 15 is 0 Å². The zero-order valence-electron chi connectivity index (χ0n) is 10.7. The van der Waals surface area contributed by atoms with Gasteiger partial charge in [0.25, 0.3) is 0 Å². The summed E-state index contributed by atoms with van der Waals surface area (Å²) >= 11 is 6.03. The van der Waals surface area contributed by atoms with E-state index < -0.39 is 0 Å². The predicted molar refractivity (Wildman–Crippen MR) is 71.3 cm³/mol. The molecule has 2 rings (SSSR count). The Labute approximate surface area is 111 Å². The number of hydrogen-bond donors (Lipinski definition) is 0. The summed E-state index contributed by atoms with van der Waals surface area (Å²) in [6.07, 6.45) is 2.57. The van der Waals surface area contributed by atoms with Gasteiger partial charge in [-0.3, -0.25) is 0 Å². The van der Waals surface area contributed by atoms with E-state index in [0.717, 1.165) is 12.1 Å². The quantitative estimate of drug-likeness (QED) is 0.798. The second kappa shape index (κ2) is 5.40. The summed E-state index contributed by atoms with van der Waals surface area (Å²) in [5.41, 5.74) is 1.64. The number of hydrogen-bond acceptors (Lipinski definition) is 4. The summed E-state index contributed by atoms with van der Waals surface area (Å²) in [5.74, 6) is 1.78. The normalized spacial score (nSPS) is 10.9. The first-order valence-electron chi connectivity index (χ1n) is 5.88. The molecule has 0 unspecified atom stereocenters. The highest BCUT2D eigenvalue weighted by Crippen LogP contribution is 2.17. The first-order chi connectivity index (χ1) is 8.54. The monoisotopic (exact) mass is 262 g/mol. The Bertz CT molecular complexity index is 554. The van der Waals surface area contributed by atoms with Crippen molar-refractivity contribution < 1.29 is 0 Å². The third-order valence-electron chi connectivity index (χ3n) is 2.37. The van der Waals surface area contributed by atoms with Crippen molar-refractivity contribution in [1.82, 2.24) is 19.9 Å². The van der Waals surface area contributed by atoms with Gasteiger partial charge in [0.05, 0.1) is 0 Å². The first kappa shape index (κ1) is 12.9. The Morgan fingerprint density at radius 2 is 2.00 bits per heavy atom. The average molecular weight is 263 g/mol. The van der Waals surface area contributed by atoms with Crippen molar-refractivity contribution in [3.63, 3.8) is 0 Å². The highest BCUT2D eigenvalue weighted by atomic mass is 35.5. The lowest BCUT2D eigenvalue weighted by Crippen LogP contribution is -2.02. The molecular formula is C13H15ClN4. The number of aryl methyl sites for hydroxylation is 1. The molecule has 0 radical (unpaired) electrons. The Hall–Kier alpha value is -1.55. The van der Waals surface area contributed by atoms with Gasteiger partial charge < -0.3 is 0 Å². The maximum absolute atomic E-state index is 6.03. The van der Waals surface area contributed by atoms with Crippen molar-refractivity contribution in [1.29, 1.82) is 0 Å². The van der Waals surface area contributed by atoms with E-state index in [4.69, 9.17) is 11.6 Å². The summed E-state index contributed by atoms with van der Waals surface area (Å²) in [6.45, 7) is 6.12. The van der Waals surface area contributed by atoms with Crippen molar-refractivity contribution in [3.05, 3.63) is 35.0 Å². The smallest absolute Gasteiger partial charge is 0.179 e. The standard InChI is InChI=1S/C13H15ClN4/c1-8(2)6-10-7-12(14)18-13(17-10)11-4-5-15-9(3)16-11/h4-5,7-8H,6H2,1-3H3. The van der Waals surface area contributed by atoms with Crippen molar-refractivity contribution >= 4 is 11.6 Å². The SMILES string of the molecule is Cc1nccc(-c2nc(Cl)cc(CC(C)C)n2)n1. The Morgan fingerprint density at radius 1 is 1.22 bits per heavy atom. The highest BCUT2D eigenvalue weighted by molar-refractivity contribution is 6.29. The molecule has 2 aromatic heterocycles. The number of rotatable bonds is 3. The van der Waals surface area contributed by atoms with Crippen LogP contribution in [-0.4, -0.2) is 19.9 Å². The summed E-state index contributed by atoms with van der Waals surface area (Å²) in [7, 11) is 0. The molecule has 0 saturated carbocycles. The van der Waals surface area contributed by atoms with Crippen LogP contribution in [0.1, 0.15) is 25.4 Å². The van der Waals surface area contributed by atoms with E-state index in [9.17, 15) is 0 Å². The van der Waals surface area contributed by atoms with Gasteiger partial charge >= 0.3 is 0 Å². The van der Waals surface area contributed by atoms with E-state index in [2.05, 4.69) is 33.8 Å². The van der Waals surface area contributed by atoms with Crippen molar-refractivity contribution in [2.24, 2.45) is 5.92 Å². The van der Waals surface area contributed by atoms with Crippen LogP contribution in [0.25, 0.3) is 11.5 Å². The van der Waals surface area contributed by atoms with Gasteiger partial charge in [0, 0.05) is 11.9 Å². The summed E-state index contributed by atoms with van der Waals surface area (Å²) in [6, 6.07) is 3.59. The average Bonchev–Trinajstić information content (AvgIpc) is 2.27. The van der Waals surface area contributed by atoms with Crippen LogP contribution in [-0.2, 0) is 6.42 Å². The molecule has 2 heterocycles. The van der Waals surface area contributed by atoms with Crippen LogP contribution in [0.5, 0.6) is 0 Å². The fourth-order valence-corrected chi connectivity index (χ4v) is 1.89. The molecule has 18 heavy (non-hydrogen) atoms. The second-order valence-corrected chi connectivity index (χ2v) is 4.98. The van der Waals surface area contributed by atoms with Crippen molar-refractivity contribution in [3.8, 4) is 11.5 Å². The minimum atomic E-state index is 0.451. The molecule has 0 aliphatic heterocycles. The lowest BCUT2D eigenvalue weighted by atomic mass is 10.1. The molecule has 0 aromatic carbocycles. The van der Waals surface area contributed by atoms with Gasteiger partial charge in [-0.15, -0.1) is 0 Å². The molecule has 0 aliphatic rings. The van der Waals surface area contributed by atoms with Gasteiger partial charge in [-0.25, -0.2) is 19.9 Å². The Kier molecular flexibility index (Phi) is 3.87.